The van der Waals surface area contributed by atoms with Gasteiger partial charge in [0, 0.05) is 24.9 Å². The third-order valence-electron chi connectivity index (χ3n) is 3.14. The quantitative estimate of drug-likeness (QED) is 0.643. The van der Waals surface area contributed by atoms with Crippen LogP contribution in [0.5, 0.6) is 0 Å². The molecule has 1 heterocycles. The minimum absolute atomic E-state index is 0.0613. The highest BCUT2D eigenvalue weighted by molar-refractivity contribution is 9.10. The van der Waals surface area contributed by atoms with Crippen LogP contribution >= 0.6 is 15.9 Å². The maximum Gasteiger partial charge on any atom is 0.410 e. The lowest BCUT2D eigenvalue weighted by molar-refractivity contribution is 0.0206. The van der Waals surface area contributed by atoms with Crippen LogP contribution in [0.15, 0.2) is 0 Å². The van der Waals surface area contributed by atoms with Gasteiger partial charge in [0.25, 0.3) is 0 Å². The zero-order valence-electron chi connectivity index (χ0n) is 9.80. The molecule has 2 aliphatic rings. The fourth-order valence-electron chi connectivity index (χ4n) is 2.22. The summed E-state index contributed by atoms with van der Waals surface area (Å²) in [6.45, 7) is 6.55. The normalized spacial score (nSPS) is 37.9. The highest BCUT2D eigenvalue weighted by Crippen LogP contribution is 2.62. The van der Waals surface area contributed by atoms with Crippen molar-refractivity contribution in [2.24, 2.45) is 11.8 Å². The van der Waals surface area contributed by atoms with Crippen molar-refractivity contribution in [3.05, 3.63) is 0 Å². The minimum atomic E-state index is -1.25. The van der Waals surface area contributed by atoms with Crippen molar-refractivity contribution in [1.82, 2.24) is 4.90 Å². The van der Waals surface area contributed by atoms with Crippen molar-refractivity contribution in [1.29, 1.82) is 0 Å². The molecule has 1 amide bonds. The Morgan fingerprint density at radius 3 is 2.62 bits per heavy atom. The maximum absolute atomic E-state index is 13.7. The smallest absolute Gasteiger partial charge is 0.410 e. The Morgan fingerprint density at radius 1 is 1.50 bits per heavy atom. The summed E-state index contributed by atoms with van der Waals surface area (Å²) < 4.78 is 17.7. The SMILES string of the molecule is CC(C)(C)OC(=O)N1CCC2C(C1)C2(F)Br. The standard InChI is InChI=1S/C11H17BrFNO2/c1-10(2,3)16-9(15)14-5-4-7-8(6-14)11(7,12)13/h7-8H,4-6H2,1-3H3. The molecule has 0 aromatic rings. The number of carbonyl (C=O) groups is 1. The van der Waals surface area contributed by atoms with Crippen LogP contribution in [-0.4, -0.2) is 34.3 Å². The number of hydrogen-bond acceptors (Lipinski definition) is 2. The number of carbonyl (C=O) groups excluding carboxylic acids is 1. The van der Waals surface area contributed by atoms with Crippen LogP contribution in [0.3, 0.4) is 0 Å². The summed E-state index contributed by atoms with van der Waals surface area (Å²) in [6, 6.07) is 0. The molecule has 0 spiro atoms. The van der Waals surface area contributed by atoms with Crippen LogP contribution < -0.4 is 0 Å². The number of rotatable bonds is 0. The molecule has 0 N–H and O–H groups in total. The summed E-state index contributed by atoms with van der Waals surface area (Å²) in [5.41, 5.74) is -0.487. The molecule has 3 nitrogen and oxygen atoms in total. The molecule has 16 heavy (non-hydrogen) atoms. The van der Waals surface area contributed by atoms with Gasteiger partial charge in [-0.15, -0.1) is 0 Å². The molecule has 0 aromatic carbocycles. The molecular weight excluding hydrogens is 277 g/mol. The van der Waals surface area contributed by atoms with Crippen LogP contribution in [0.2, 0.25) is 0 Å². The van der Waals surface area contributed by atoms with E-state index in [9.17, 15) is 9.18 Å². The van der Waals surface area contributed by atoms with E-state index in [1.54, 1.807) is 4.90 Å². The molecule has 1 aliphatic carbocycles. The minimum Gasteiger partial charge on any atom is -0.444 e. The third kappa shape index (κ3) is 2.19. The number of fused-ring (bicyclic) bond motifs is 1. The van der Waals surface area contributed by atoms with Gasteiger partial charge in [0.05, 0.1) is 0 Å². The molecule has 1 saturated heterocycles. The number of piperidine rings is 1. The first kappa shape index (κ1) is 12.1. The van der Waals surface area contributed by atoms with Gasteiger partial charge in [-0.3, -0.25) is 0 Å². The Labute approximate surface area is 103 Å². The Bertz CT molecular complexity index is 314. The maximum atomic E-state index is 13.7. The van der Waals surface area contributed by atoms with Crippen LogP contribution in [0.25, 0.3) is 0 Å². The van der Waals surface area contributed by atoms with E-state index in [-0.39, 0.29) is 17.9 Å². The molecule has 1 saturated carbocycles. The number of amides is 1. The van der Waals surface area contributed by atoms with Gasteiger partial charge in [0.15, 0.2) is 4.58 Å². The Kier molecular flexibility index (Phi) is 2.72. The number of likely N-dealkylation sites (tertiary alicyclic amines) is 1. The lowest BCUT2D eigenvalue weighted by atomic mass is 10.1. The monoisotopic (exact) mass is 293 g/mol. The average molecular weight is 294 g/mol. The predicted octanol–water partition coefficient (Wildman–Crippen LogP) is 2.93. The van der Waals surface area contributed by atoms with Crippen LogP contribution in [-0.2, 0) is 4.74 Å². The lowest BCUT2D eigenvalue weighted by Crippen LogP contribution is -2.40. The highest BCUT2D eigenvalue weighted by Gasteiger charge is 2.66. The van der Waals surface area contributed by atoms with Crippen molar-refractivity contribution in [2.75, 3.05) is 13.1 Å². The van der Waals surface area contributed by atoms with E-state index in [1.807, 2.05) is 20.8 Å². The summed E-state index contributed by atoms with van der Waals surface area (Å²) in [6.07, 6.45) is 0.382. The highest BCUT2D eigenvalue weighted by atomic mass is 79.9. The van der Waals surface area contributed by atoms with E-state index in [0.29, 0.717) is 19.5 Å². The fourth-order valence-corrected chi connectivity index (χ4v) is 3.10. The first-order chi connectivity index (χ1) is 7.22. The molecule has 0 bridgehead atoms. The third-order valence-corrected chi connectivity index (χ3v) is 4.32. The van der Waals surface area contributed by atoms with Crippen LogP contribution in [0, 0.1) is 11.8 Å². The van der Waals surface area contributed by atoms with E-state index >= 15 is 0 Å². The molecule has 92 valence electrons. The molecule has 2 fully saturated rings. The van der Waals surface area contributed by atoms with Gasteiger partial charge in [-0.1, -0.05) is 0 Å². The largest absolute Gasteiger partial charge is 0.444 e. The van der Waals surface area contributed by atoms with Crippen molar-refractivity contribution >= 4 is 22.0 Å². The zero-order valence-corrected chi connectivity index (χ0v) is 11.4. The summed E-state index contributed by atoms with van der Waals surface area (Å²) in [4.78, 5) is 13.4. The van der Waals surface area contributed by atoms with Crippen molar-refractivity contribution in [3.63, 3.8) is 0 Å². The lowest BCUT2D eigenvalue weighted by Gasteiger charge is -2.29. The van der Waals surface area contributed by atoms with Gasteiger partial charge in [0.1, 0.15) is 5.60 Å². The number of alkyl halides is 2. The van der Waals surface area contributed by atoms with Gasteiger partial charge in [-0.05, 0) is 43.1 Å². The van der Waals surface area contributed by atoms with Gasteiger partial charge in [0.2, 0.25) is 0 Å². The van der Waals surface area contributed by atoms with E-state index in [4.69, 9.17) is 4.74 Å². The summed E-state index contributed by atoms with van der Waals surface area (Å²) in [5.74, 6) is 0.0138. The molecule has 3 atom stereocenters. The van der Waals surface area contributed by atoms with Gasteiger partial charge >= 0.3 is 6.09 Å². The first-order valence-corrected chi connectivity index (χ1v) is 6.37. The van der Waals surface area contributed by atoms with E-state index in [2.05, 4.69) is 15.9 Å². The Balaban J connectivity index is 1.91. The van der Waals surface area contributed by atoms with Crippen LogP contribution in [0.1, 0.15) is 27.2 Å². The Hall–Kier alpha value is -0.320. The molecule has 0 radical (unpaired) electrons. The summed E-state index contributed by atoms with van der Waals surface area (Å²) in [7, 11) is 0. The number of halogens is 2. The second kappa shape index (κ2) is 3.59. The predicted molar refractivity (Wildman–Crippen MR) is 62.2 cm³/mol. The average Bonchev–Trinajstić information content (AvgIpc) is 2.66. The van der Waals surface area contributed by atoms with Gasteiger partial charge in [-0.2, -0.15) is 0 Å². The van der Waals surface area contributed by atoms with E-state index in [1.165, 1.54) is 0 Å². The topological polar surface area (TPSA) is 29.5 Å². The Morgan fingerprint density at radius 2 is 2.12 bits per heavy atom. The van der Waals surface area contributed by atoms with Crippen molar-refractivity contribution < 1.29 is 13.9 Å². The molecular formula is C11H17BrFNO2. The van der Waals surface area contributed by atoms with E-state index in [0.717, 1.165) is 0 Å². The fraction of sp³-hybridized carbons (Fsp3) is 0.909. The summed E-state index contributed by atoms with van der Waals surface area (Å²) >= 11 is 3.07. The second-order valence-corrected chi connectivity index (χ2v) is 6.82. The van der Waals surface area contributed by atoms with Crippen LogP contribution in [0.4, 0.5) is 9.18 Å². The number of hydrogen-bond donors (Lipinski definition) is 0. The first-order valence-electron chi connectivity index (χ1n) is 5.57. The number of ether oxygens (including phenoxy) is 1. The summed E-state index contributed by atoms with van der Waals surface area (Å²) in [5, 5.41) is 0. The van der Waals surface area contributed by atoms with Crippen molar-refractivity contribution in [3.8, 4) is 0 Å². The molecule has 2 rings (SSSR count). The zero-order chi connectivity index (χ0) is 12.1. The van der Waals surface area contributed by atoms with Gasteiger partial charge < -0.3 is 9.64 Å². The van der Waals surface area contributed by atoms with Gasteiger partial charge in [-0.25, -0.2) is 9.18 Å². The van der Waals surface area contributed by atoms with Crippen molar-refractivity contribution in [2.45, 2.75) is 37.4 Å². The number of nitrogens with zero attached hydrogens (tertiary/aromatic N) is 1. The molecule has 3 unspecified atom stereocenters. The molecule has 0 aromatic heterocycles. The second-order valence-electron chi connectivity index (χ2n) is 5.60. The molecule has 5 heteroatoms. The van der Waals surface area contributed by atoms with E-state index < -0.39 is 10.2 Å². The molecule has 1 aliphatic heterocycles.